The quantitative estimate of drug-likeness (QED) is 0.466. The summed E-state index contributed by atoms with van der Waals surface area (Å²) in [4.78, 5) is 20.0. The fourth-order valence-electron chi connectivity index (χ4n) is 4.28. The summed E-state index contributed by atoms with van der Waals surface area (Å²) in [5, 5.41) is 10.2. The van der Waals surface area contributed by atoms with Gasteiger partial charge in [-0.3, -0.25) is 4.90 Å². The monoisotopic (exact) mass is 416 g/mol. The number of nitrogens with zero attached hydrogens (tertiary/aromatic N) is 3. The maximum atomic E-state index is 11.8. The number of nitriles is 1. The van der Waals surface area contributed by atoms with Crippen LogP contribution in [0.4, 0.5) is 5.69 Å². The zero-order chi connectivity index (χ0) is 21.6. The molecule has 0 unspecified atom stereocenters. The van der Waals surface area contributed by atoms with Crippen LogP contribution in [0.1, 0.15) is 34.3 Å². The van der Waals surface area contributed by atoms with E-state index in [-0.39, 0.29) is 5.97 Å². The number of hydrogen-bond acceptors (Lipinski definition) is 5. The van der Waals surface area contributed by atoms with Crippen LogP contribution < -0.4 is 4.90 Å². The Bertz CT molecular complexity index is 1090. The molecule has 1 aliphatic heterocycles. The van der Waals surface area contributed by atoms with Crippen LogP contribution in [0.25, 0.3) is 10.9 Å². The summed E-state index contributed by atoms with van der Waals surface area (Å²) in [7, 11) is 1.41. The maximum absolute atomic E-state index is 11.8. The van der Waals surface area contributed by atoms with Gasteiger partial charge < -0.3 is 14.6 Å². The molecule has 0 spiro atoms. The molecule has 6 nitrogen and oxygen atoms in total. The van der Waals surface area contributed by atoms with Gasteiger partial charge in [0.25, 0.3) is 0 Å². The maximum Gasteiger partial charge on any atom is 0.337 e. The molecular formula is C25H28N4O2. The van der Waals surface area contributed by atoms with Crippen molar-refractivity contribution in [2.24, 2.45) is 0 Å². The lowest BCUT2D eigenvalue weighted by molar-refractivity contribution is 0.0601. The number of esters is 1. The van der Waals surface area contributed by atoms with Gasteiger partial charge in [-0.2, -0.15) is 5.26 Å². The second-order valence-corrected chi connectivity index (χ2v) is 8.01. The van der Waals surface area contributed by atoms with E-state index in [1.807, 2.05) is 30.3 Å². The summed E-state index contributed by atoms with van der Waals surface area (Å²) < 4.78 is 4.84. The van der Waals surface area contributed by atoms with Gasteiger partial charge in [0.1, 0.15) is 0 Å². The van der Waals surface area contributed by atoms with Crippen LogP contribution in [-0.2, 0) is 11.2 Å². The first-order chi connectivity index (χ1) is 15.2. The van der Waals surface area contributed by atoms with Crippen LogP contribution >= 0.6 is 0 Å². The van der Waals surface area contributed by atoms with Crippen molar-refractivity contribution in [3.63, 3.8) is 0 Å². The van der Waals surface area contributed by atoms with Crippen molar-refractivity contribution in [3.05, 3.63) is 65.4 Å². The predicted octanol–water partition coefficient (Wildman–Crippen LogP) is 3.97. The molecule has 3 aromatic rings. The van der Waals surface area contributed by atoms with Gasteiger partial charge in [-0.15, -0.1) is 0 Å². The van der Waals surface area contributed by atoms with Crippen LogP contribution in [0.3, 0.4) is 0 Å². The minimum absolute atomic E-state index is 0.299. The first-order valence-electron chi connectivity index (χ1n) is 10.8. The number of carbonyl (C=O) groups is 1. The molecular weight excluding hydrogens is 388 g/mol. The summed E-state index contributed by atoms with van der Waals surface area (Å²) in [5.41, 5.74) is 4.76. The number of hydrogen-bond donors (Lipinski definition) is 1. The molecule has 2 aromatic carbocycles. The number of aromatic nitrogens is 1. The SMILES string of the molecule is COC(=O)c1ccc2[nH]cc(CCCCN3CCN(c4cccc(C#N)c4)CC3)c2c1. The number of fused-ring (bicyclic) bond motifs is 1. The van der Waals surface area contributed by atoms with E-state index in [9.17, 15) is 4.79 Å². The molecule has 0 saturated carbocycles. The van der Waals surface area contributed by atoms with Crippen LogP contribution in [0.5, 0.6) is 0 Å². The van der Waals surface area contributed by atoms with Gasteiger partial charge in [0.2, 0.25) is 0 Å². The lowest BCUT2D eigenvalue weighted by Crippen LogP contribution is -2.46. The average molecular weight is 417 g/mol. The smallest absolute Gasteiger partial charge is 0.337 e. The predicted molar refractivity (Wildman–Crippen MR) is 122 cm³/mol. The Morgan fingerprint density at radius 3 is 2.74 bits per heavy atom. The average Bonchev–Trinajstić information content (AvgIpc) is 3.24. The molecule has 1 N–H and O–H groups in total. The fraction of sp³-hybridized carbons (Fsp3) is 0.360. The minimum atomic E-state index is -0.299. The molecule has 4 rings (SSSR count). The standard InChI is InChI=1S/C25H28N4O2/c1-31-25(30)20-8-9-24-23(16-20)21(18-27-24)6-2-3-10-28-11-13-29(14-12-28)22-7-4-5-19(15-22)17-26/h4-5,7-9,15-16,18,27H,2-3,6,10-14H2,1H3. The van der Waals surface area contributed by atoms with Crippen LogP contribution in [0.15, 0.2) is 48.7 Å². The van der Waals surface area contributed by atoms with Crippen molar-refractivity contribution < 1.29 is 9.53 Å². The van der Waals surface area contributed by atoms with E-state index >= 15 is 0 Å². The number of methoxy groups -OCH3 is 1. The topological polar surface area (TPSA) is 72.4 Å². The summed E-state index contributed by atoms with van der Waals surface area (Å²) in [6, 6.07) is 15.8. The number of rotatable bonds is 7. The number of aromatic amines is 1. The van der Waals surface area contributed by atoms with Gasteiger partial charge >= 0.3 is 5.97 Å². The molecule has 2 heterocycles. The van der Waals surface area contributed by atoms with Crippen molar-refractivity contribution in [2.45, 2.75) is 19.3 Å². The summed E-state index contributed by atoms with van der Waals surface area (Å²) in [6.07, 6.45) is 5.30. The van der Waals surface area contributed by atoms with Crippen molar-refractivity contribution in [1.29, 1.82) is 5.26 Å². The van der Waals surface area contributed by atoms with Gasteiger partial charge in [-0.05, 0) is 67.8 Å². The second kappa shape index (κ2) is 9.67. The Morgan fingerprint density at radius 1 is 1.13 bits per heavy atom. The third-order valence-electron chi connectivity index (χ3n) is 6.07. The Morgan fingerprint density at radius 2 is 1.97 bits per heavy atom. The molecule has 1 fully saturated rings. The van der Waals surface area contributed by atoms with Crippen molar-refractivity contribution in [2.75, 3.05) is 44.7 Å². The van der Waals surface area contributed by atoms with Gasteiger partial charge in [0.15, 0.2) is 0 Å². The van der Waals surface area contributed by atoms with Gasteiger partial charge in [0, 0.05) is 49.0 Å². The molecule has 0 bridgehead atoms. The number of unbranched alkanes of at least 4 members (excludes halogenated alkanes) is 1. The van der Waals surface area contributed by atoms with E-state index < -0.39 is 0 Å². The van der Waals surface area contributed by atoms with Gasteiger partial charge in [0.05, 0.1) is 24.3 Å². The molecule has 0 amide bonds. The zero-order valence-corrected chi connectivity index (χ0v) is 17.9. The molecule has 160 valence electrons. The normalized spacial score (nSPS) is 14.5. The summed E-state index contributed by atoms with van der Waals surface area (Å²) in [6.45, 7) is 5.18. The molecule has 0 radical (unpaired) electrons. The lowest BCUT2D eigenvalue weighted by Gasteiger charge is -2.36. The lowest BCUT2D eigenvalue weighted by atomic mass is 10.0. The third kappa shape index (κ3) is 4.89. The van der Waals surface area contributed by atoms with Gasteiger partial charge in [-0.25, -0.2) is 4.79 Å². The highest BCUT2D eigenvalue weighted by Gasteiger charge is 2.17. The number of piperazine rings is 1. The highest BCUT2D eigenvalue weighted by atomic mass is 16.5. The molecule has 1 aliphatic rings. The molecule has 1 saturated heterocycles. The molecule has 0 atom stereocenters. The van der Waals surface area contributed by atoms with Crippen LogP contribution in [0.2, 0.25) is 0 Å². The van der Waals surface area contributed by atoms with E-state index in [0.717, 1.165) is 74.1 Å². The number of H-pyrrole nitrogens is 1. The van der Waals surface area contributed by atoms with Crippen LogP contribution in [-0.4, -0.2) is 55.7 Å². The number of nitrogens with one attached hydrogen (secondary N) is 1. The largest absolute Gasteiger partial charge is 0.465 e. The van der Waals surface area contributed by atoms with Crippen LogP contribution in [0, 0.1) is 11.3 Å². The molecule has 1 aromatic heterocycles. The second-order valence-electron chi connectivity index (χ2n) is 8.01. The van der Waals surface area contributed by atoms with E-state index in [0.29, 0.717) is 5.56 Å². The van der Waals surface area contributed by atoms with E-state index in [4.69, 9.17) is 10.00 Å². The van der Waals surface area contributed by atoms with E-state index in [1.54, 1.807) is 6.07 Å². The highest BCUT2D eigenvalue weighted by Crippen LogP contribution is 2.22. The summed E-state index contributed by atoms with van der Waals surface area (Å²) in [5.74, 6) is -0.299. The number of anilines is 1. The highest BCUT2D eigenvalue weighted by molar-refractivity contribution is 5.95. The Kier molecular flexibility index (Phi) is 6.54. The molecule has 0 aliphatic carbocycles. The Labute approximate surface area is 183 Å². The molecule has 31 heavy (non-hydrogen) atoms. The molecule has 6 heteroatoms. The first-order valence-corrected chi connectivity index (χ1v) is 10.8. The van der Waals surface area contributed by atoms with Crippen molar-refractivity contribution in [3.8, 4) is 6.07 Å². The number of ether oxygens (including phenoxy) is 1. The fourth-order valence-corrected chi connectivity index (χ4v) is 4.28. The third-order valence-corrected chi connectivity index (χ3v) is 6.07. The van der Waals surface area contributed by atoms with Crippen molar-refractivity contribution >= 4 is 22.6 Å². The Hall–Kier alpha value is -3.30. The number of aryl methyl sites for hydroxylation is 1. The minimum Gasteiger partial charge on any atom is -0.465 e. The zero-order valence-electron chi connectivity index (χ0n) is 17.9. The van der Waals surface area contributed by atoms with E-state index in [1.165, 1.54) is 12.7 Å². The van der Waals surface area contributed by atoms with Crippen molar-refractivity contribution in [1.82, 2.24) is 9.88 Å². The number of carbonyl (C=O) groups excluding carboxylic acids is 1. The number of benzene rings is 2. The van der Waals surface area contributed by atoms with Gasteiger partial charge in [-0.1, -0.05) is 6.07 Å². The summed E-state index contributed by atoms with van der Waals surface area (Å²) >= 11 is 0. The Balaban J connectivity index is 1.24. The first kappa shape index (κ1) is 21.0. The van der Waals surface area contributed by atoms with E-state index in [2.05, 4.69) is 33.1 Å².